The molecule has 100 valence electrons. The van der Waals surface area contributed by atoms with Gasteiger partial charge in [-0.25, -0.2) is 4.98 Å². The number of rotatable bonds is 3. The summed E-state index contributed by atoms with van der Waals surface area (Å²) in [6.45, 7) is 7.38. The number of benzene rings is 1. The van der Waals surface area contributed by atoms with Crippen molar-refractivity contribution in [3.63, 3.8) is 0 Å². The molecule has 1 aromatic heterocycles. The Morgan fingerprint density at radius 3 is 2.37 bits per heavy atom. The van der Waals surface area contributed by atoms with Gasteiger partial charge in [0.1, 0.15) is 5.69 Å². The van der Waals surface area contributed by atoms with Crippen molar-refractivity contribution < 1.29 is 4.92 Å². The molecule has 0 radical (unpaired) electrons. The number of nitro groups is 1. The number of aromatic nitrogens is 2. The summed E-state index contributed by atoms with van der Waals surface area (Å²) in [4.78, 5) is 19.7. The summed E-state index contributed by atoms with van der Waals surface area (Å²) in [6.07, 6.45) is 1.90. The average Bonchev–Trinajstić information content (AvgIpc) is 2.38. The summed E-state index contributed by atoms with van der Waals surface area (Å²) in [5, 5.41) is 11.2. The van der Waals surface area contributed by atoms with Crippen molar-refractivity contribution in [3.8, 4) is 0 Å². The second-order valence-corrected chi connectivity index (χ2v) is 5.06. The van der Waals surface area contributed by atoms with E-state index in [2.05, 4.69) is 9.97 Å². The molecule has 5 heteroatoms. The van der Waals surface area contributed by atoms with Gasteiger partial charge in [0.15, 0.2) is 0 Å². The number of hydrogen-bond acceptors (Lipinski definition) is 4. The van der Waals surface area contributed by atoms with E-state index in [9.17, 15) is 10.1 Å². The molecule has 0 amide bonds. The molecule has 0 N–H and O–H groups in total. The van der Waals surface area contributed by atoms with Crippen molar-refractivity contribution in [1.29, 1.82) is 0 Å². The molecule has 19 heavy (non-hydrogen) atoms. The van der Waals surface area contributed by atoms with Crippen LogP contribution in [0.1, 0.15) is 37.1 Å². The van der Waals surface area contributed by atoms with Crippen molar-refractivity contribution in [2.45, 2.75) is 39.7 Å². The lowest BCUT2D eigenvalue weighted by Gasteiger charge is -2.18. The lowest BCUT2D eigenvalue weighted by atomic mass is 9.95. The SMILES string of the molecule is CCC(C)(c1cnc2cc(C)c(C)cc2n1)[N+](=O)[O-]. The van der Waals surface area contributed by atoms with Crippen LogP contribution in [0.15, 0.2) is 18.3 Å². The minimum atomic E-state index is -1.18. The quantitative estimate of drug-likeness (QED) is 0.627. The van der Waals surface area contributed by atoms with E-state index in [0.717, 1.165) is 16.6 Å². The summed E-state index contributed by atoms with van der Waals surface area (Å²) < 4.78 is 0. The summed E-state index contributed by atoms with van der Waals surface area (Å²) in [6, 6.07) is 3.88. The fourth-order valence-corrected chi connectivity index (χ4v) is 1.93. The van der Waals surface area contributed by atoms with Gasteiger partial charge in [0, 0.05) is 18.3 Å². The van der Waals surface area contributed by atoms with Crippen LogP contribution >= 0.6 is 0 Å². The van der Waals surface area contributed by atoms with Gasteiger partial charge >= 0.3 is 0 Å². The highest BCUT2D eigenvalue weighted by Crippen LogP contribution is 2.27. The van der Waals surface area contributed by atoms with Gasteiger partial charge in [0.25, 0.3) is 5.54 Å². The number of nitrogens with zero attached hydrogens (tertiary/aromatic N) is 3. The van der Waals surface area contributed by atoms with E-state index in [1.165, 1.54) is 6.20 Å². The second-order valence-electron chi connectivity index (χ2n) is 5.06. The third-order valence-corrected chi connectivity index (χ3v) is 3.80. The minimum Gasteiger partial charge on any atom is -0.264 e. The predicted molar refractivity (Wildman–Crippen MR) is 73.6 cm³/mol. The fraction of sp³-hybridized carbons (Fsp3) is 0.429. The van der Waals surface area contributed by atoms with Crippen LogP contribution < -0.4 is 0 Å². The number of hydrogen-bond donors (Lipinski definition) is 0. The molecule has 0 spiro atoms. The summed E-state index contributed by atoms with van der Waals surface area (Å²) in [5.74, 6) is 0. The Morgan fingerprint density at radius 1 is 1.26 bits per heavy atom. The Hall–Kier alpha value is -2.04. The van der Waals surface area contributed by atoms with E-state index in [0.29, 0.717) is 17.6 Å². The Labute approximate surface area is 111 Å². The van der Waals surface area contributed by atoms with Crippen LogP contribution in [0.3, 0.4) is 0 Å². The normalized spacial score (nSPS) is 14.3. The minimum absolute atomic E-state index is 0.288. The van der Waals surface area contributed by atoms with E-state index in [1.54, 1.807) is 13.8 Å². The van der Waals surface area contributed by atoms with Crippen LogP contribution in [0.2, 0.25) is 0 Å². The Kier molecular flexibility index (Phi) is 3.22. The zero-order valence-electron chi connectivity index (χ0n) is 11.6. The van der Waals surface area contributed by atoms with E-state index in [-0.39, 0.29) is 4.92 Å². The van der Waals surface area contributed by atoms with Gasteiger partial charge in [-0.15, -0.1) is 0 Å². The topological polar surface area (TPSA) is 68.9 Å². The molecule has 0 aliphatic heterocycles. The third-order valence-electron chi connectivity index (χ3n) is 3.80. The van der Waals surface area contributed by atoms with E-state index >= 15 is 0 Å². The zero-order chi connectivity index (χ0) is 14.2. The molecule has 0 fully saturated rings. The molecule has 1 heterocycles. The van der Waals surface area contributed by atoms with Crippen LogP contribution in [0, 0.1) is 24.0 Å². The molecular formula is C14H17N3O2. The first-order valence-corrected chi connectivity index (χ1v) is 6.27. The van der Waals surface area contributed by atoms with Gasteiger partial charge < -0.3 is 0 Å². The molecular weight excluding hydrogens is 242 g/mol. The van der Waals surface area contributed by atoms with Gasteiger partial charge in [-0.1, -0.05) is 6.92 Å². The van der Waals surface area contributed by atoms with Crippen molar-refractivity contribution in [2.75, 3.05) is 0 Å². The van der Waals surface area contributed by atoms with Crippen LogP contribution in [0.4, 0.5) is 0 Å². The van der Waals surface area contributed by atoms with Crippen molar-refractivity contribution in [2.24, 2.45) is 0 Å². The van der Waals surface area contributed by atoms with Gasteiger partial charge in [0.2, 0.25) is 0 Å². The van der Waals surface area contributed by atoms with E-state index in [4.69, 9.17) is 0 Å². The highest BCUT2D eigenvalue weighted by molar-refractivity contribution is 5.76. The predicted octanol–water partition coefficient (Wildman–Crippen LogP) is 3.15. The van der Waals surface area contributed by atoms with Gasteiger partial charge in [-0.3, -0.25) is 15.1 Å². The fourth-order valence-electron chi connectivity index (χ4n) is 1.93. The van der Waals surface area contributed by atoms with Crippen molar-refractivity contribution in [3.05, 3.63) is 45.3 Å². The lowest BCUT2D eigenvalue weighted by Crippen LogP contribution is -2.32. The molecule has 1 aromatic carbocycles. The first-order valence-electron chi connectivity index (χ1n) is 6.27. The third kappa shape index (κ3) is 2.16. The first-order chi connectivity index (χ1) is 8.88. The van der Waals surface area contributed by atoms with Crippen molar-refractivity contribution in [1.82, 2.24) is 9.97 Å². The molecule has 0 saturated heterocycles. The van der Waals surface area contributed by atoms with E-state index < -0.39 is 5.54 Å². The highest BCUT2D eigenvalue weighted by Gasteiger charge is 2.39. The van der Waals surface area contributed by atoms with Gasteiger partial charge in [-0.2, -0.15) is 0 Å². The number of fused-ring (bicyclic) bond motifs is 1. The van der Waals surface area contributed by atoms with Crippen LogP contribution in [-0.2, 0) is 5.54 Å². The maximum Gasteiger partial charge on any atom is 0.262 e. The molecule has 2 rings (SSSR count). The standard InChI is InChI=1S/C14H17N3O2/c1-5-14(4,17(18)19)13-8-15-11-6-9(2)10(3)7-12(11)16-13/h6-8H,5H2,1-4H3. The molecule has 5 nitrogen and oxygen atoms in total. The van der Waals surface area contributed by atoms with Crippen LogP contribution in [0.25, 0.3) is 11.0 Å². The molecule has 1 atom stereocenters. The van der Waals surface area contributed by atoms with E-state index in [1.807, 2.05) is 26.0 Å². The van der Waals surface area contributed by atoms with Crippen LogP contribution in [0.5, 0.6) is 0 Å². The largest absolute Gasteiger partial charge is 0.264 e. The monoisotopic (exact) mass is 259 g/mol. The average molecular weight is 259 g/mol. The molecule has 0 aliphatic carbocycles. The Bertz CT molecular complexity index is 654. The lowest BCUT2D eigenvalue weighted by molar-refractivity contribution is -0.576. The molecule has 0 aliphatic rings. The summed E-state index contributed by atoms with van der Waals surface area (Å²) in [5.41, 5.74) is 2.96. The smallest absolute Gasteiger partial charge is 0.262 e. The summed E-state index contributed by atoms with van der Waals surface area (Å²) in [7, 11) is 0. The molecule has 2 aromatic rings. The van der Waals surface area contributed by atoms with Crippen molar-refractivity contribution >= 4 is 11.0 Å². The second kappa shape index (κ2) is 4.57. The Balaban J connectivity index is 2.64. The Morgan fingerprint density at radius 2 is 1.84 bits per heavy atom. The molecule has 0 bridgehead atoms. The van der Waals surface area contributed by atoms with Gasteiger partial charge in [0.05, 0.1) is 17.2 Å². The summed E-state index contributed by atoms with van der Waals surface area (Å²) >= 11 is 0. The number of aryl methyl sites for hydroxylation is 2. The first kappa shape index (κ1) is 13.4. The molecule has 0 saturated carbocycles. The maximum atomic E-state index is 11.2. The molecule has 1 unspecified atom stereocenters. The van der Waals surface area contributed by atoms with Gasteiger partial charge in [-0.05, 0) is 37.1 Å². The zero-order valence-corrected chi connectivity index (χ0v) is 11.6. The highest BCUT2D eigenvalue weighted by atomic mass is 16.6. The van der Waals surface area contributed by atoms with Crippen LogP contribution in [-0.4, -0.2) is 14.9 Å². The maximum absolute atomic E-state index is 11.2.